The highest BCUT2D eigenvalue weighted by atomic mass is 32.2. The molecule has 0 saturated carbocycles. The predicted octanol–water partition coefficient (Wildman–Crippen LogP) is 5.28. The van der Waals surface area contributed by atoms with Gasteiger partial charge in [0.2, 0.25) is 10.0 Å². The van der Waals surface area contributed by atoms with Crippen molar-refractivity contribution in [1.29, 1.82) is 0 Å². The second kappa shape index (κ2) is 10.7. The summed E-state index contributed by atoms with van der Waals surface area (Å²) >= 11 is 0. The summed E-state index contributed by atoms with van der Waals surface area (Å²) in [5.74, 6) is -0.412. The number of hydrogen-bond donors (Lipinski definition) is 0. The van der Waals surface area contributed by atoms with Crippen molar-refractivity contribution in [2.45, 2.75) is 44.2 Å². The fourth-order valence-corrected chi connectivity index (χ4v) is 6.35. The number of nitrogens with zero attached hydrogens (tertiary/aromatic N) is 4. The zero-order valence-corrected chi connectivity index (χ0v) is 23.0. The largest absolute Gasteiger partial charge is 0.302 e. The van der Waals surface area contributed by atoms with Gasteiger partial charge in [-0.15, -0.1) is 0 Å². The van der Waals surface area contributed by atoms with Crippen molar-refractivity contribution in [2.75, 3.05) is 11.4 Å². The smallest absolute Gasteiger partial charge is 0.258 e. The van der Waals surface area contributed by atoms with E-state index in [-0.39, 0.29) is 23.9 Å². The summed E-state index contributed by atoms with van der Waals surface area (Å²) in [6.45, 7) is 4.79. The van der Waals surface area contributed by atoms with Gasteiger partial charge >= 0.3 is 0 Å². The Bertz CT molecular complexity index is 1580. The van der Waals surface area contributed by atoms with Crippen molar-refractivity contribution in [1.82, 2.24) is 14.1 Å². The van der Waals surface area contributed by atoms with Gasteiger partial charge in [-0.2, -0.15) is 9.40 Å². The highest BCUT2D eigenvalue weighted by molar-refractivity contribution is 7.89. The molecule has 4 aromatic rings. The Morgan fingerprint density at radius 2 is 1.67 bits per heavy atom. The van der Waals surface area contributed by atoms with Gasteiger partial charge in [0, 0.05) is 49.1 Å². The molecule has 0 aliphatic carbocycles. The van der Waals surface area contributed by atoms with E-state index in [1.54, 1.807) is 21.7 Å². The molecule has 7 nitrogen and oxygen atoms in total. The molecule has 0 atom stereocenters. The minimum Gasteiger partial charge on any atom is -0.302 e. The molecule has 2 heterocycles. The van der Waals surface area contributed by atoms with Crippen LogP contribution in [-0.4, -0.2) is 35.0 Å². The maximum absolute atomic E-state index is 13.6. The van der Waals surface area contributed by atoms with Gasteiger partial charge < -0.3 is 4.90 Å². The van der Waals surface area contributed by atoms with E-state index in [0.29, 0.717) is 35.8 Å². The van der Waals surface area contributed by atoms with Crippen LogP contribution >= 0.6 is 0 Å². The number of para-hydroxylation sites is 1. The Hall–Kier alpha value is -3.82. The standard InChI is InChI=1S/C30H31FN4O3S/c1-21(2)22-11-15-26(16-12-22)39(37,38)34-18-17-29-27(19-34)28(32-33(29)3)20-35(25-7-5-4-6-8-25)30(36)23-9-13-24(31)14-10-23/h4-16,21H,17-20H2,1-3H3. The van der Waals surface area contributed by atoms with E-state index in [0.717, 1.165) is 16.8 Å². The average Bonchev–Trinajstić information content (AvgIpc) is 3.26. The highest BCUT2D eigenvalue weighted by Crippen LogP contribution is 2.30. The van der Waals surface area contributed by atoms with Crippen LogP contribution in [0, 0.1) is 5.82 Å². The first-order valence-electron chi connectivity index (χ1n) is 12.9. The molecule has 0 radical (unpaired) electrons. The number of anilines is 1. The maximum atomic E-state index is 13.6. The topological polar surface area (TPSA) is 75.5 Å². The number of aryl methyl sites for hydroxylation is 1. The number of benzene rings is 3. The van der Waals surface area contributed by atoms with Gasteiger partial charge in [0.1, 0.15) is 5.82 Å². The minimum absolute atomic E-state index is 0.139. The number of carbonyl (C=O) groups is 1. The lowest BCUT2D eigenvalue weighted by Crippen LogP contribution is -2.37. The molecule has 9 heteroatoms. The molecule has 5 rings (SSSR count). The summed E-state index contributed by atoms with van der Waals surface area (Å²) in [7, 11) is -1.88. The average molecular weight is 547 g/mol. The molecule has 0 bridgehead atoms. The summed E-state index contributed by atoms with van der Waals surface area (Å²) in [5.41, 5.74) is 4.47. The number of aromatic nitrogens is 2. The third kappa shape index (κ3) is 5.37. The Kier molecular flexibility index (Phi) is 7.38. The number of amides is 1. The van der Waals surface area contributed by atoms with Crippen molar-refractivity contribution in [2.24, 2.45) is 7.05 Å². The predicted molar refractivity (Wildman–Crippen MR) is 148 cm³/mol. The normalized spacial score (nSPS) is 13.9. The molecule has 1 aromatic heterocycles. The van der Waals surface area contributed by atoms with Gasteiger partial charge in [-0.1, -0.05) is 44.2 Å². The van der Waals surface area contributed by atoms with E-state index in [4.69, 9.17) is 5.10 Å². The van der Waals surface area contributed by atoms with Crippen LogP contribution in [0.5, 0.6) is 0 Å². The van der Waals surface area contributed by atoms with Gasteiger partial charge in [0.05, 0.1) is 17.1 Å². The molecule has 1 amide bonds. The number of carbonyl (C=O) groups excluding carboxylic acids is 1. The fraction of sp³-hybridized carbons (Fsp3) is 0.267. The second-order valence-electron chi connectivity index (χ2n) is 10.0. The van der Waals surface area contributed by atoms with Crippen molar-refractivity contribution >= 4 is 21.6 Å². The Balaban J connectivity index is 1.47. The van der Waals surface area contributed by atoms with Gasteiger partial charge in [-0.25, -0.2) is 12.8 Å². The van der Waals surface area contributed by atoms with Crippen LogP contribution in [-0.2, 0) is 36.6 Å². The zero-order valence-electron chi connectivity index (χ0n) is 22.2. The lowest BCUT2D eigenvalue weighted by atomic mass is 10.0. The van der Waals surface area contributed by atoms with Crippen LogP contribution in [0.3, 0.4) is 0 Å². The second-order valence-corrected chi connectivity index (χ2v) is 12.0. The summed E-state index contributed by atoms with van der Waals surface area (Å²) in [5, 5.41) is 4.71. The molecule has 3 aromatic carbocycles. The number of hydrogen-bond acceptors (Lipinski definition) is 4. The van der Waals surface area contributed by atoms with Crippen molar-refractivity contribution in [3.05, 3.63) is 113 Å². The fourth-order valence-electron chi connectivity index (χ4n) is 4.94. The molecule has 1 aliphatic rings. The van der Waals surface area contributed by atoms with Crippen molar-refractivity contribution < 1.29 is 17.6 Å². The van der Waals surface area contributed by atoms with Gasteiger partial charge in [-0.05, 0) is 60.0 Å². The third-order valence-electron chi connectivity index (χ3n) is 7.19. The molecule has 0 N–H and O–H groups in total. The third-order valence-corrected chi connectivity index (χ3v) is 9.05. The number of rotatable bonds is 7. The minimum atomic E-state index is -3.72. The highest BCUT2D eigenvalue weighted by Gasteiger charge is 2.33. The molecule has 202 valence electrons. The van der Waals surface area contributed by atoms with Crippen LogP contribution in [0.25, 0.3) is 0 Å². The first-order valence-corrected chi connectivity index (χ1v) is 14.4. The molecule has 0 unspecified atom stereocenters. The van der Waals surface area contributed by atoms with Gasteiger partial charge in [0.15, 0.2) is 0 Å². The van der Waals surface area contributed by atoms with Crippen LogP contribution in [0.15, 0.2) is 83.8 Å². The lowest BCUT2D eigenvalue weighted by Gasteiger charge is -2.28. The molecule has 0 fully saturated rings. The SMILES string of the molecule is CC(C)c1ccc(S(=O)(=O)N2CCc3c(c(CN(C(=O)c4ccc(F)cc4)c4ccccc4)nn3C)C2)cc1. The van der Waals surface area contributed by atoms with E-state index >= 15 is 0 Å². The summed E-state index contributed by atoms with van der Waals surface area (Å²) in [4.78, 5) is 15.4. The van der Waals surface area contributed by atoms with E-state index < -0.39 is 15.8 Å². The maximum Gasteiger partial charge on any atom is 0.258 e. The Morgan fingerprint density at radius 1 is 1.00 bits per heavy atom. The van der Waals surface area contributed by atoms with E-state index in [1.807, 2.05) is 49.5 Å². The summed E-state index contributed by atoms with van der Waals surface area (Å²) < 4.78 is 43.9. The van der Waals surface area contributed by atoms with Gasteiger partial charge in [0.25, 0.3) is 5.91 Å². The number of sulfonamides is 1. The molecular formula is C30H31FN4O3S. The molecule has 0 saturated heterocycles. The number of halogens is 1. The van der Waals surface area contributed by atoms with Crippen molar-refractivity contribution in [3.63, 3.8) is 0 Å². The van der Waals surface area contributed by atoms with Crippen molar-refractivity contribution in [3.8, 4) is 0 Å². The Labute approximate surface area is 228 Å². The molecule has 39 heavy (non-hydrogen) atoms. The van der Waals surface area contributed by atoms with Crippen LogP contribution < -0.4 is 4.90 Å². The first kappa shape index (κ1) is 26.8. The molecular weight excluding hydrogens is 515 g/mol. The number of fused-ring (bicyclic) bond motifs is 1. The molecule has 1 aliphatic heterocycles. The summed E-state index contributed by atoms with van der Waals surface area (Å²) in [6.07, 6.45) is 0.513. The Morgan fingerprint density at radius 3 is 2.31 bits per heavy atom. The van der Waals surface area contributed by atoms with E-state index in [1.165, 1.54) is 28.6 Å². The lowest BCUT2D eigenvalue weighted by molar-refractivity contribution is 0.0984. The van der Waals surface area contributed by atoms with Crippen LogP contribution in [0.1, 0.15) is 52.6 Å². The first-order chi connectivity index (χ1) is 18.6. The quantitative estimate of drug-likeness (QED) is 0.316. The van der Waals surface area contributed by atoms with E-state index in [2.05, 4.69) is 13.8 Å². The zero-order chi connectivity index (χ0) is 27.7. The summed E-state index contributed by atoms with van der Waals surface area (Å²) in [6, 6.07) is 21.7. The monoisotopic (exact) mass is 546 g/mol. The molecule has 0 spiro atoms. The van der Waals surface area contributed by atoms with Crippen LogP contribution in [0.2, 0.25) is 0 Å². The van der Waals surface area contributed by atoms with Crippen LogP contribution in [0.4, 0.5) is 10.1 Å². The van der Waals surface area contributed by atoms with Gasteiger partial charge in [-0.3, -0.25) is 9.48 Å². The van der Waals surface area contributed by atoms with E-state index in [9.17, 15) is 17.6 Å².